The van der Waals surface area contributed by atoms with E-state index in [-0.39, 0.29) is 5.91 Å². The third-order valence-corrected chi connectivity index (χ3v) is 6.31. The summed E-state index contributed by atoms with van der Waals surface area (Å²) in [6.07, 6.45) is 5.84. The van der Waals surface area contributed by atoms with E-state index >= 15 is 0 Å². The van der Waals surface area contributed by atoms with Crippen molar-refractivity contribution in [3.8, 4) is 0 Å². The van der Waals surface area contributed by atoms with Crippen LogP contribution < -0.4 is 0 Å². The molecule has 0 N–H and O–H groups in total. The molecule has 2 aliphatic rings. The summed E-state index contributed by atoms with van der Waals surface area (Å²) in [6.45, 7) is 4.95. The van der Waals surface area contributed by atoms with Gasteiger partial charge in [0.15, 0.2) is 0 Å². The first kappa shape index (κ1) is 19.6. The molecule has 0 aromatic heterocycles. The highest BCUT2D eigenvalue weighted by Gasteiger charge is 2.27. The number of carbonyl (C=O) groups excluding carboxylic acids is 1. The molecule has 2 rings (SSSR count). The van der Waals surface area contributed by atoms with Crippen LogP contribution in [-0.2, 0) is 19.6 Å². The summed E-state index contributed by atoms with van der Waals surface area (Å²) in [6, 6.07) is 0. The van der Waals surface area contributed by atoms with E-state index in [1.807, 2.05) is 0 Å². The number of piperazine rings is 1. The first-order valence-corrected chi connectivity index (χ1v) is 10.7. The third kappa shape index (κ3) is 5.98. The molecule has 0 saturated carbocycles. The lowest BCUT2D eigenvalue weighted by Gasteiger charge is -2.34. The second-order valence-corrected chi connectivity index (χ2v) is 8.90. The maximum Gasteiger partial charge on any atom is 0.236 e. The van der Waals surface area contributed by atoms with Crippen molar-refractivity contribution in [2.75, 3.05) is 65.8 Å². The fourth-order valence-corrected chi connectivity index (χ4v) is 4.37. The molecule has 7 nitrogen and oxygen atoms in total. The third-order valence-electron chi connectivity index (χ3n) is 5.00. The van der Waals surface area contributed by atoms with Gasteiger partial charge in [0.1, 0.15) is 0 Å². The van der Waals surface area contributed by atoms with Gasteiger partial charge in [-0.1, -0.05) is 6.42 Å². The summed E-state index contributed by atoms with van der Waals surface area (Å²) < 4.78 is 29.7. The molecule has 140 valence electrons. The maximum atomic E-state index is 12.5. The van der Waals surface area contributed by atoms with Crippen molar-refractivity contribution in [1.29, 1.82) is 0 Å². The first-order chi connectivity index (χ1) is 11.4. The summed E-state index contributed by atoms with van der Waals surface area (Å²) in [5.41, 5.74) is 0. The van der Waals surface area contributed by atoms with Crippen LogP contribution in [0.15, 0.2) is 0 Å². The molecule has 1 amide bonds. The van der Waals surface area contributed by atoms with Crippen LogP contribution in [0.4, 0.5) is 0 Å². The first-order valence-electron chi connectivity index (χ1n) is 8.84. The molecule has 0 aromatic rings. The summed E-state index contributed by atoms with van der Waals surface area (Å²) in [5.74, 6) is 0.720. The molecule has 0 aromatic carbocycles. The van der Waals surface area contributed by atoms with E-state index in [2.05, 4.69) is 4.90 Å². The van der Waals surface area contributed by atoms with E-state index in [1.165, 1.54) is 23.4 Å². The Labute approximate surface area is 146 Å². The minimum absolute atomic E-state index is 0.121. The van der Waals surface area contributed by atoms with Gasteiger partial charge in [0.2, 0.25) is 15.9 Å². The number of hydrogen-bond donors (Lipinski definition) is 0. The van der Waals surface area contributed by atoms with Crippen LogP contribution in [0.3, 0.4) is 0 Å². The second kappa shape index (κ2) is 9.12. The van der Waals surface area contributed by atoms with Crippen LogP contribution in [0, 0.1) is 5.92 Å². The zero-order valence-electron chi connectivity index (χ0n) is 14.9. The van der Waals surface area contributed by atoms with Crippen molar-refractivity contribution >= 4 is 15.9 Å². The van der Waals surface area contributed by atoms with Crippen molar-refractivity contribution in [2.24, 2.45) is 5.92 Å². The Morgan fingerprint density at radius 1 is 1.12 bits per heavy atom. The fraction of sp³-hybridized carbons (Fsp3) is 0.938. The number of nitrogens with zero attached hydrogens (tertiary/aromatic N) is 3. The molecule has 2 saturated heterocycles. The van der Waals surface area contributed by atoms with Gasteiger partial charge < -0.3 is 9.64 Å². The SMILES string of the molecule is COCC[C@H]1CCCCN(CC(=O)N2CCN(S(C)(=O)=O)CC2)C1. The number of carbonyl (C=O) groups is 1. The van der Waals surface area contributed by atoms with Gasteiger partial charge in [-0.25, -0.2) is 8.42 Å². The molecule has 0 spiro atoms. The molecule has 8 heteroatoms. The fourth-order valence-electron chi connectivity index (χ4n) is 3.54. The van der Waals surface area contributed by atoms with Gasteiger partial charge in [-0.15, -0.1) is 0 Å². The maximum absolute atomic E-state index is 12.5. The van der Waals surface area contributed by atoms with Crippen molar-refractivity contribution < 1.29 is 17.9 Å². The smallest absolute Gasteiger partial charge is 0.236 e. The van der Waals surface area contributed by atoms with E-state index in [4.69, 9.17) is 4.74 Å². The normalized spacial score (nSPS) is 24.8. The Kier molecular flexibility index (Phi) is 7.46. The lowest BCUT2D eigenvalue weighted by atomic mass is 10.00. The molecule has 0 bridgehead atoms. The lowest BCUT2D eigenvalue weighted by molar-refractivity contribution is -0.133. The highest BCUT2D eigenvalue weighted by atomic mass is 32.2. The van der Waals surface area contributed by atoms with Gasteiger partial charge >= 0.3 is 0 Å². The molecule has 24 heavy (non-hydrogen) atoms. The molecule has 2 fully saturated rings. The Hall–Kier alpha value is -0.700. The minimum Gasteiger partial charge on any atom is -0.385 e. The summed E-state index contributed by atoms with van der Waals surface area (Å²) in [7, 11) is -1.42. The number of hydrogen-bond acceptors (Lipinski definition) is 5. The van der Waals surface area contributed by atoms with Crippen molar-refractivity contribution in [1.82, 2.24) is 14.1 Å². The molecular weight excluding hydrogens is 330 g/mol. The molecule has 2 aliphatic heterocycles. The van der Waals surface area contributed by atoms with Gasteiger partial charge in [-0.05, 0) is 31.7 Å². The van der Waals surface area contributed by atoms with Crippen LogP contribution in [0.2, 0.25) is 0 Å². The topological polar surface area (TPSA) is 70.2 Å². The molecule has 0 aliphatic carbocycles. The highest BCUT2D eigenvalue weighted by molar-refractivity contribution is 7.88. The zero-order valence-corrected chi connectivity index (χ0v) is 15.8. The molecule has 0 unspecified atom stereocenters. The van der Waals surface area contributed by atoms with Crippen molar-refractivity contribution in [3.05, 3.63) is 0 Å². The van der Waals surface area contributed by atoms with Gasteiger partial charge in [-0.2, -0.15) is 4.31 Å². The van der Waals surface area contributed by atoms with Gasteiger partial charge in [0, 0.05) is 46.4 Å². The predicted molar refractivity (Wildman–Crippen MR) is 93.3 cm³/mol. The molecular formula is C16H31N3O4S. The van der Waals surface area contributed by atoms with E-state index in [0.717, 1.165) is 32.5 Å². The van der Waals surface area contributed by atoms with E-state index in [1.54, 1.807) is 12.0 Å². The number of ether oxygens (including phenoxy) is 1. The van der Waals surface area contributed by atoms with Crippen LogP contribution in [0.5, 0.6) is 0 Å². The average Bonchev–Trinajstić information content (AvgIpc) is 2.77. The Balaban J connectivity index is 1.81. The van der Waals surface area contributed by atoms with Crippen LogP contribution in [0.25, 0.3) is 0 Å². The standard InChI is InChI=1S/C16H31N3O4S/c1-23-12-6-15-5-3-4-7-17(13-15)14-16(20)18-8-10-19(11-9-18)24(2,21)22/h15H,3-14H2,1-2H3/t15-/m1/s1. The number of likely N-dealkylation sites (tertiary alicyclic amines) is 1. The lowest BCUT2D eigenvalue weighted by Crippen LogP contribution is -2.52. The van der Waals surface area contributed by atoms with Crippen LogP contribution in [0.1, 0.15) is 25.7 Å². The average molecular weight is 362 g/mol. The Bertz CT molecular complexity index is 503. The van der Waals surface area contributed by atoms with Gasteiger partial charge in [0.05, 0.1) is 12.8 Å². The Morgan fingerprint density at radius 3 is 2.46 bits per heavy atom. The predicted octanol–water partition coefficient (Wildman–Crippen LogP) is 0.229. The molecule has 0 radical (unpaired) electrons. The monoisotopic (exact) mass is 361 g/mol. The second-order valence-electron chi connectivity index (χ2n) is 6.92. The number of methoxy groups -OCH3 is 1. The van der Waals surface area contributed by atoms with Crippen LogP contribution >= 0.6 is 0 Å². The highest BCUT2D eigenvalue weighted by Crippen LogP contribution is 2.19. The quantitative estimate of drug-likeness (QED) is 0.677. The summed E-state index contributed by atoms with van der Waals surface area (Å²) in [4.78, 5) is 16.6. The van der Waals surface area contributed by atoms with Crippen LogP contribution in [-0.4, -0.2) is 94.2 Å². The van der Waals surface area contributed by atoms with Gasteiger partial charge in [0.25, 0.3) is 0 Å². The number of rotatable bonds is 6. The molecule has 1 atom stereocenters. The summed E-state index contributed by atoms with van der Waals surface area (Å²) in [5, 5.41) is 0. The van der Waals surface area contributed by atoms with E-state index < -0.39 is 10.0 Å². The van der Waals surface area contributed by atoms with E-state index in [0.29, 0.717) is 38.6 Å². The zero-order chi connectivity index (χ0) is 17.6. The Morgan fingerprint density at radius 2 is 1.83 bits per heavy atom. The molecule has 2 heterocycles. The van der Waals surface area contributed by atoms with E-state index in [9.17, 15) is 13.2 Å². The summed E-state index contributed by atoms with van der Waals surface area (Å²) >= 11 is 0. The minimum atomic E-state index is -3.15. The van der Waals surface area contributed by atoms with Crippen molar-refractivity contribution in [3.63, 3.8) is 0 Å². The van der Waals surface area contributed by atoms with Gasteiger partial charge in [-0.3, -0.25) is 9.69 Å². The largest absolute Gasteiger partial charge is 0.385 e. The number of amides is 1. The van der Waals surface area contributed by atoms with Crippen molar-refractivity contribution in [2.45, 2.75) is 25.7 Å². The number of sulfonamides is 1.